The third-order valence-electron chi connectivity index (χ3n) is 3.03. The molecule has 0 aromatic heterocycles. The van der Waals surface area contributed by atoms with Crippen molar-refractivity contribution in [1.29, 1.82) is 0 Å². The molecule has 0 heterocycles. The summed E-state index contributed by atoms with van der Waals surface area (Å²) in [7, 11) is 1.31. The Hall–Kier alpha value is -1.35. The van der Waals surface area contributed by atoms with Gasteiger partial charge in [-0.15, -0.1) is 0 Å². The van der Waals surface area contributed by atoms with Crippen LogP contribution in [0.25, 0.3) is 0 Å². The Labute approximate surface area is 105 Å². The highest BCUT2D eigenvalue weighted by Crippen LogP contribution is 2.30. The fourth-order valence-electron chi connectivity index (χ4n) is 2.12. The van der Waals surface area contributed by atoms with Gasteiger partial charge in [0.25, 0.3) is 0 Å². The monoisotopic (exact) mass is 252 g/mol. The van der Waals surface area contributed by atoms with Crippen molar-refractivity contribution >= 4 is 23.4 Å². The molecule has 0 amide bonds. The molecule has 1 aromatic carbocycles. The molecule has 0 spiro atoms. The highest BCUT2D eigenvalue weighted by molar-refractivity contribution is 6.35. The van der Waals surface area contributed by atoms with Crippen LogP contribution in [0.4, 0.5) is 0 Å². The van der Waals surface area contributed by atoms with Gasteiger partial charge in [0, 0.05) is 12.0 Å². The SMILES string of the molecule is COC(=O)c1ccc2c(c1Cl)CCCCC2=O. The van der Waals surface area contributed by atoms with E-state index in [2.05, 4.69) is 4.74 Å². The molecule has 0 radical (unpaired) electrons. The van der Waals surface area contributed by atoms with Crippen LogP contribution in [-0.4, -0.2) is 18.9 Å². The topological polar surface area (TPSA) is 43.4 Å². The third-order valence-corrected chi connectivity index (χ3v) is 3.46. The van der Waals surface area contributed by atoms with Crippen LogP contribution in [0.5, 0.6) is 0 Å². The van der Waals surface area contributed by atoms with Crippen molar-refractivity contribution in [1.82, 2.24) is 0 Å². The quantitative estimate of drug-likeness (QED) is 0.570. The first-order valence-electron chi connectivity index (χ1n) is 5.58. The number of carbonyl (C=O) groups is 2. The van der Waals surface area contributed by atoms with Crippen molar-refractivity contribution in [2.24, 2.45) is 0 Å². The summed E-state index contributed by atoms with van der Waals surface area (Å²) in [4.78, 5) is 23.3. The zero-order valence-corrected chi connectivity index (χ0v) is 10.3. The number of esters is 1. The molecule has 17 heavy (non-hydrogen) atoms. The first-order valence-corrected chi connectivity index (χ1v) is 5.96. The van der Waals surface area contributed by atoms with Crippen molar-refractivity contribution in [3.63, 3.8) is 0 Å². The maximum atomic E-state index is 11.8. The molecule has 0 atom stereocenters. The van der Waals surface area contributed by atoms with Gasteiger partial charge < -0.3 is 4.74 Å². The third kappa shape index (κ3) is 2.20. The average molecular weight is 253 g/mol. The van der Waals surface area contributed by atoms with E-state index in [4.69, 9.17) is 11.6 Å². The van der Waals surface area contributed by atoms with Crippen LogP contribution < -0.4 is 0 Å². The minimum atomic E-state index is -0.463. The lowest BCUT2D eigenvalue weighted by Gasteiger charge is -2.10. The minimum Gasteiger partial charge on any atom is -0.465 e. The van der Waals surface area contributed by atoms with Gasteiger partial charge in [-0.1, -0.05) is 17.7 Å². The van der Waals surface area contributed by atoms with Crippen molar-refractivity contribution in [2.75, 3.05) is 7.11 Å². The second-order valence-corrected chi connectivity index (χ2v) is 4.45. The predicted octanol–water partition coefficient (Wildman–Crippen LogP) is 3.04. The second kappa shape index (κ2) is 4.88. The summed E-state index contributed by atoms with van der Waals surface area (Å²) in [6.45, 7) is 0. The fraction of sp³-hybridized carbons (Fsp3) is 0.385. The molecule has 0 bridgehead atoms. The Bertz CT molecular complexity index is 480. The van der Waals surface area contributed by atoms with E-state index < -0.39 is 5.97 Å². The molecule has 0 saturated carbocycles. The number of carbonyl (C=O) groups excluding carboxylic acids is 2. The number of fused-ring (bicyclic) bond motifs is 1. The van der Waals surface area contributed by atoms with Gasteiger partial charge in [-0.2, -0.15) is 0 Å². The summed E-state index contributed by atoms with van der Waals surface area (Å²) in [6, 6.07) is 3.25. The van der Waals surface area contributed by atoms with Crippen LogP contribution in [0, 0.1) is 0 Å². The summed E-state index contributed by atoms with van der Waals surface area (Å²) < 4.78 is 4.66. The van der Waals surface area contributed by atoms with E-state index in [1.165, 1.54) is 7.11 Å². The van der Waals surface area contributed by atoms with Gasteiger partial charge in [0.2, 0.25) is 0 Å². The Morgan fingerprint density at radius 2 is 2.00 bits per heavy atom. The molecular weight excluding hydrogens is 240 g/mol. The second-order valence-electron chi connectivity index (χ2n) is 4.08. The smallest absolute Gasteiger partial charge is 0.339 e. The van der Waals surface area contributed by atoms with Crippen molar-refractivity contribution in [3.8, 4) is 0 Å². The van der Waals surface area contributed by atoms with Crippen LogP contribution in [0.15, 0.2) is 12.1 Å². The summed E-state index contributed by atoms with van der Waals surface area (Å²) >= 11 is 6.19. The molecule has 0 aliphatic heterocycles. The maximum absolute atomic E-state index is 11.8. The number of ether oxygens (including phenoxy) is 1. The predicted molar refractivity (Wildman–Crippen MR) is 64.7 cm³/mol. The van der Waals surface area contributed by atoms with Crippen molar-refractivity contribution in [2.45, 2.75) is 25.7 Å². The van der Waals surface area contributed by atoms with Crippen LogP contribution in [-0.2, 0) is 11.2 Å². The zero-order chi connectivity index (χ0) is 12.4. The zero-order valence-electron chi connectivity index (χ0n) is 9.59. The number of hydrogen-bond acceptors (Lipinski definition) is 3. The van der Waals surface area contributed by atoms with E-state index in [0.717, 1.165) is 24.8 Å². The van der Waals surface area contributed by atoms with Gasteiger partial charge in [-0.3, -0.25) is 4.79 Å². The summed E-state index contributed by atoms with van der Waals surface area (Å²) in [5.74, 6) is -0.356. The Balaban J connectivity index is 2.54. The highest BCUT2D eigenvalue weighted by Gasteiger charge is 2.22. The summed E-state index contributed by atoms with van der Waals surface area (Å²) in [5, 5.41) is 0.365. The van der Waals surface area contributed by atoms with Crippen LogP contribution >= 0.6 is 11.6 Å². The van der Waals surface area contributed by atoms with E-state index >= 15 is 0 Å². The molecule has 3 nitrogen and oxygen atoms in total. The molecule has 0 unspecified atom stereocenters. The number of halogens is 1. The highest BCUT2D eigenvalue weighted by atomic mass is 35.5. The first-order chi connectivity index (χ1) is 8.15. The molecule has 90 valence electrons. The van der Waals surface area contributed by atoms with E-state index in [1.807, 2.05) is 0 Å². The Kier molecular flexibility index (Phi) is 3.48. The first kappa shape index (κ1) is 12.1. The molecule has 0 fully saturated rings. The van der Waals surface area contributed by atoms with Crippen molar-refractivity contribution in [3.05, 3.63) is 33.8 Å². The Morgan fingerprint density at radius 3 is 2.71 bits per heavy atom. The molecule has 4 heteroatoms. The molecule has 1 aliphatic rings. The standard InChI is InChI=1S/C13H13ClO3/c1-17-13(16)10-7-6-8-9(12(10)14)4-2-3-5-11(8)15/h6-7H,2-5H2,1H3. The molecular formula is C13H13ClO3. The van der Waals surface area contributed by atoms with E-state index in [9.17, 15) is 9.59 Å². The van der Waals surface area contributed by atoms with Crippen LogP contribution in [0.2, 0.25) is 5.02 Å². The number of ketones is 1. The normalized spacial score (nSPS) is 15.1. The van der Waals surface area contributed by atoms with E-state index in [0.29, 0.717) is 22.6 Å². The van der Waals surface area contributed by atoms with E-state index in [1.54, 1.807) is 12.1 Å². The minimum absolute atomic E-state index is 0.107. The van der Waals surface area contributed by atoms with Gasteiger partial charge in [-0.05, 0) is 30.9 Å². The van der Waals surface area contributed by atoms with Crippen LogP contribution in [0.1, 0.15) is 45.5 Å². The maximum Gasteiger partial charge on any atom is 0.339 e. The lowest BCUT2D eigenvalue weighted by atomic mass is 9.99. The molecule has 0 saturated heterocycles. The van der Waals surface area contributed by atoms with Gasteiger partial charge in [0.1, 0.15) is 0 Å². The fourth-order valence-corrected chi connectivity index (χ4v) is 2.45. The molecule has 1 aromatic rings. The lowest BCUT2D eigenvalue weighted by molar-refractivity contribution is 0.0600. The van der Waals surface area contributed by atoms with Gasteiger partial charge >= 0.3 is 5.97 Å². The number of Topliss-reactive ketones (excluding diaryl/α,β-unsaturated/α-hetero) is 1. The average Bonchev–Trinajstić information content (AvgIpc) is 2.52. The van der Waals surface area contributed by atoms with Crippen LogP contribution in [0.3, 0.4) is 0 Å². The number of rotatable bonds is 1. The summed E-state index contributed by atoms with van der Waals surface area (Å²) in [5.41, 5.74) is 1.78. The molecule has 0 N–H and O–H groups in total. The van der Waals surface area contributed by atoms with Gasteiger partial charge in [0.15, 0.2) is 5.78 Å². The molecule has 1 aliphatic carbocycles. The van der Waals surface area contributed by atoms with Gasteiger partial charge in [-0.25, -0.2) is 4.79 Å². The number of hydrogen-bond donors (Lipinski definition) is 0. The van der Waals surface area contributed by atoms with E-state index in [-0.39, 0.29) is 5.78 Å². The lowest BCUT2D eigenvalue weighted by Crippen LogP contribution is -2.07. The summed E-state index contributed by atoms with van der Waals surface area (Å²) in [6.07, 6.45) is 3.09. The van der Waals surface area contributed by atoms with Crippen molar-refractivity contribution < 1.29 is 14.3 Å². The molecule has 2 rings (SSSR count). The number of methoxy groups -OCH3 is 1. The van der Waals surface area contributed by atoms with Gasteiger partial charge in [0.05, 0.1) is 17.7 Å². The Morgan fingerprint density at radius 1 is 1.29 bits per heavy atom. The largest absolute Gasteiger partial charge is 0.465 e. The number of benzene rings is 1.